The normalized spacial score (nSPS) is 12.8. The summed E-state index contributed by atoms with van der Waals surface area (Å²) in [6.07, 6.45) is 0. The molecule has 0 bridgehead atoms. The Balaban J connectivity index is 1.26. The summed E-state index contributed by atoms with van der Waals surface area (Å²) >= 11 is 0. The molecule has 10 aromatic rings. The van der Waals surface area contributed by atoms with E-state index >= 15 is 0 Å². The van der Waals surface area contributed by atoms with Crippen molar-refractivity contribution in [2.45, 2.75) is 19.3 Å². The number of anilines is 6. The maximum absolute atomic E-state index is 2.46. The van der Waals surface area contributed by atoms with Crippen LogP contribution in [-0.2, 0) is 5.41 Å². The lowest BCUT2D eigenvalue weighted by atomic mass is 9.82. The number of hydrogen-bond acceptors (Lipinski definition) is 2. The molecule has 0 N–H and O–H groups in total. The van der Waals surface area contributed by atoms with Crippen LogP contribution in [0.15, 0.2) is 212 Å². The van der Waals surface area contributed by atoms with Crippen LogP contribution in [-0.4, -0.2) is 4.57 Å². The van der Waals surface area contributed by atoms with Gasteiger partial charge in [-0.3, -0.25) is 0 Å². The Hall–Kier alpha value is -7.36. The summed E-state index contributed by atoms with van der Waals surface area (Å²) in [4.78, 5) is 4.86. The highest BCUT2D eigenvalue weighted by molar-refractivity contribution is 6.18. The van der Waals surface area contributed by atoms with Gasteiger partial charge in [-0.1, -0.05) is 147 Å². The molecule has 0 unspecified atom stereocenters. The molecule has 1 aliphatic carbocycles. The molecule has 276 valence electrons. The van der Waals surface area contributed by atoms with Crippen LogP contribution in [0.4, 0.5) is 34.1 Å². The van der Waals surface area contributed by atoms with Crippen molar-refractivity contribution in [3.05, 3.63) is 223 Å². The van der Waals surface area contributed by atoms with Gasteiger partial charge in [-0.2, -0.15) is 0 Å². The van der Waals surface area contributed by atoms with Gasteiger partial charge in [-0.05, 0) is 112 Å². The fourth-order valence-corrected chi connectivity index (χ4v) is 9.41. The summed E-state index contributed by atoms with van der Waals surface area (Å²) in [5, 5.41) is 4.83. The minimum absolute atomic E-state index is 0.0826. The Morgan fingerprint density at radius 2 is 0.966 bits per heavy atom. The van der Waals surface area contributed by atoms with Crippen molar-refractivity contribution in [1.29, 1.82) is 0 Å². The lowest BCUT2D eigenvalue weighted by molar-refractivity contribution is 0.660. The SMILES string of the molecule is CC1(C)c2ccccc2-c2cc(N(c3ccccc3)c3cc(N(c4ccccc4)c4ccccc4)c4c5ccccc5n(-c5ccc6ccccc6c5)c4c3)ccc21. The zero-order chi connectivity index (χ0) is 38.8. The number of benzene rings is 9. The molecule has 0 spiro atoms. The van der Waals surface area contributed by atoms with Gasteiger partial charge in [-0.25, -0.2) is 0 Å². The zero-order valence-corrected chi connectivity index (χ0v) is 32.5. The van der Waals surface area contributed by atoms with Gasteiger partial charge < -0.3 is 14.4 Å². The molecule has 1 heterocycles. The summed E-state index contributed by atoms with van der Waals surface area (Å²) in [5.74, 6) is 0. The first-order valence-electron chi connectivity index (χ1n) is 20.1. The smallest absolute Gasteiger partial charge is 0.0583 e. The van der Waals surface area contributed by atoms with Crippen molar-refractivity contribution < 1.29 is 0 Å². The van der Waals surface area contributed by atoms with Gasteiger partial charge in [0.25, 0.3) is 0 Å². The monoisotopic (exact) mass is 743 g/mol. The molecule has 0 atom stereocenters. The predicted molar refractivity (Wildman–Crippen MR) is 245 cm³/mol. The lowest BCUT2D eigenvalue weighted by Gasteiger charge is -2.31. The van der Waals surface area contributed by atoms with E-state index in [-0.39, 0.29) is 5.41 Å². The quantitative estimate of drug-likeness (QED) is 0.161. The number of fused-ring (bicyclic) bond motifs is 7. The Labute approximate surface area is 339 Å². The van der Waals surface area contributed by atoms with E-state index in [1.54, 1.807) is 0 Å². The second-order valence-electron chi connectivity index (χ2n) is 15.8. The molecule has 0 aliphatic heterocycles. The number of hydrogen-bond donors (Lipinski definition) is 0. The highest BCUT2D eigenvalue weighted by atomic mass is 15.2. The van der Waals surface area contributed by atoms with Crippen LogP contribution in [0.2, 0.25) is 0 Å². The number of rotatable bonds is 7. The van der Waals surface area contributed by atoms with Crippen LogP contribution in [0, 0.1) is 0 Å². The van der Waals surface area contributed by atoms with Crippen LogP contribution in [0.5, 0.6) is 0 Å². The van der Waals surface area contributed by atoms with Crippen LogP contribution in [0.3, 0.4) is 0 Å². The summed E-state index contributed by atoms with van der Waals surface area (Å²) in [7, 11) is 0. The molecule has 3 nitrogen and oxygen atoms in total. The minimum Gasteiger partial charge on any atom is -0.310 e. The summed E-state index contributed by atoms with van der Waals surface area (Å²) < 4.78 is 2.46. The van der Waals surface area contributed by atoms with Gasteiger partial charge in [0.2, 0.25) is 0 Å². The molecule has 0 fully saturated rings. The molecule has 3 heteroatoms. The van der Waals surface area contributed by atoms with Crippen LogP contribution in [0.1, 0.15) is 25.0 Å². The predicted octanol–water partition coefficient (Wildman–Crippen LogP) is 15.2. The molecule has 0 saturated heterocycles. The third-order valence-electron chi connectivity index (χ3n) is 12.1. The second-order valence-corrected chi connectivity index (χ2v) is 15.8. The first-order valence-corrected chi connectivity index (χ1v) is 20.1. The fourth-order valence-electron chi connectivity index (χ4n) is 9.41. The Morgan fingerprint density at radius 1 is 0.379 bits per heavy atom. The van der Waals surface area contributed by atoms with Gasteiger partial charge in [0.1, 0.15) is 0 Å². The highest BCUT2D eigenvalue weighted by Crippen LogP contribution is 2.52. The molecule has 58 heavy (non-hydrogen) atoms. The Morgan fingerprint density at radius 3 is 1.69 bits per heavy atom. The molecule has 0 saturated carbocycles. The van der Waals surface area contributed by atoms with Crippen molar-refractivity contribution in [1.82, 2.24) is 4.57 Å². The highest BCUT2D eigenvalue weighted by Gasteiger charge is 2.36. The summed E-state index contributed by atoms with van der Waals surface area (Å²) in [6, 6.07) is 77.5. The zero-order valence-electron chi connectivity index (χ0n) is 32.5. The van der Waals surface area contributed by atoms with E-state index in [1.165, 1.54) is 43.8 Å². The van der Waals surface area contributed by atoms with E-state index in [0.29, 0.717) is 0 Å². The second kappa shape index (κ2) is 13.4. The van der Waals surface area contributed by atoms with Gasteiger partial charge in [-0.15, -0.1) is 0 Å². The van der Waals surface area contributed by atoms with Crippen molar-refractivity contribution in [3.63, 3.8) is 0 Å². The minimum atomic E-state index is -0.0826. The topological polar surface area (TPSA) is 11.4 Å². The van der Waals surface area contributed by atoms with E-state index < -0.39 is 0 Å². The van der Waals surface area contributed by atoms with Crippen molar-refractivity contribution in [2.24, 2.45) is 0 Å². The lowest BCUT2D eigenvalue weighted by Crippen LogP contribution is -2.16. The third-order valence-corrected chi connectivity index (χ3v) is 12.1. The fraction of sp³-hybridized carbons (Fsp3) is 0.0545. The summed E-state index contributed by atoms with van der Waals surface area (Å²) in [6.45, 7) is 4.69. The molecular formula is C55H41N3. The number of para-hydroxylation sites is 4. The maximum atomic E-state index is 2.46. The van der Waals surface area contributed by atoms with Gasteiger partial charge in [0.05, 0.1) is 22.4 Å². The number of aromatic nitrogens is 1. The van der Waals surface area contributed by atoms with Crippen molar-refractivity contribution in [3.8, 4) is 16.8 Å². The molecule has 0 radical (unpaired) electrons. The first-order chi connectivity index (χ1) is 28.5. The average Bonchev–Trinajstić information content (AvgIpc) is 3.73. The van der Waals surface area contributed by atoms with Gasteiger partial charge in [0, 0.05) is 44.6 Å². The summed E-state index contributed by atoms with van der Waals surface area (Å²) in [5.41, 5.74) is 15.2. The van der Waals surface area contributed by atoms with E-state index in [1.807, 2.05) is 0 Å². The Kier molecular flexibility index (Phi) is 7.84. The average molecular weight is 744 g/mol. The van der Waals surface area contributed by atoms with Crippen LogP contribution < -0.4 is 9.80 Å². The third kappa shape index (κ3) is 5.35. The first kappa shape index (κ1) is 33.9. The molecular weight excluding hydrogens is 703 g/mol. The molecule has 1 aromatic heterocycles. The van der Waals surface area contributed by atoms with E-state index in [0.717, 1.165) is 50.8 Å². The van der Waals surface area contributed by atoms with E-state index in [9.17, 15) is 0 Å². The largest absolute Gasteiger partial charge is 0.310 e. The van der Waals surface area contributed by atoms with Crippen LogP contribution >= 0.6 is 0 Å². The molecule has 1 aliphatic rings. The van der Waals surface area contributed by atoms with Crippen molar-refractivity contribution >= 4 is 66.7 Å². The molecule has 0 amide bonds. The van der Waals surface area contributed by atoms with E-state index in [4.69, 9.17) is 0 Å². The maximum Gasteiger partial charge on any atom is 0.0583 e. The molecule has 11 rings (SSSR count). The van der Waals surface area contributed by atoms with Gasteiger partial charge >= 0.3 is 0 Å². The van der Waals surface area contributed by atoms with Crippen molar-refractivity contribution in [2.75, 3.05) is 9.80 Å². The molecule has 9 aromatic carbocycles. The van der Waals surface area contributed by atoms with Crippen LogP contribution in [0.25, 0.3) is 49.4 Å². The Bertz CT molecular complexity index is 3100. The number of nitrogens with zero attached hydrogens (tertiary/aromatic N) is 3. The van der Waals surface area contributed by atoms with Gasteiger partial charge in [0.15, 0.2) is 0 Å². The van der Waals surface area contributed by atoms with E-state index in [2.05, 4.69) is 241 Å². The standard InChI is InChI=1S/C55H41N3/c1-55(2)49-28-16-14-26-46(49)48-35-44(32-33-50(48)55)56(40-20-6-3-7-21-40)45-36-52(57(41-22-8-4-9-23-41)42-24-10-5-11-25-42)54-47-27-15-17-29-51(47)58(53(54)37-45)43-31-30-38-18-12-13-19-39(38)34-43/h3-37H,1-2H3.